The first-order chi connectivity index (χ1) is 8.04. The van der Waals surface area contributed by atoms with Gasteiger partial charge >= 0.3 is 12.1 Å². The molecule has 1 rings (SSSR count). The largest absolute Gasteiger partial charge is 0.351 e. The van der Waals surface area contributed by atoms with Gasteiger partial charge in [0.05, 0.1) is 0 Å². The number of carbonyl (C=O) groups excluding carboxylic acids is 2. The number of carbonyl (C=O) groups is 2. The predicted octanol–water partition coefficient (Wildman–Crippen LogP) is 1.95. The van der Waals surface area contributed by atoms with Gasteiger partial charge in [-0.25, -0.2) is 14.5 Å². The molecule has 0 aliphatic carbocycles. The van der Waals surface area contributed by atoms with Crippen molar-refractivity contribution in [1.82, 2.24) is 10.2 Å². The Labute approximate surface area is 105 Å². The van der Waals surface area contributed by atoms with Crippen LogP contribution in [0.4, 0.5) is 9.59 Å². The molecule has 6 heteroatoms. The van der Waals surface area contributed by atoms with E-state index in [0.29, 0.717) is 11.6 Å². The molecule has 5 nitrogen and oxygen atoms in total. The van der Waals surface area contributed by atoms with Gasteiger partial charge in [-0.05, 0) is 24.6 Å². The number of halogens is 1. The summed E-state index contributed by atoms with van der Waals surface area (Å²) in [7, 11) is 0. The first-order valence-electron chi connectivity index (χ1n) is 5.13. The summed E-state index contributed by atoms with van der Waals surface area (Å²) in [5.41, 5.74) is 5.94. The molecule has 1 aromatic carbocycles. The highest BCUT2D eigenvalue weighted by Crippen LogP contribution is 2.09. The van der Waals surface area contributed by atoms with Crippen molar-refractivity contribution in [3.8, 4) is 0 Å². The lowest BCUT2D eigenvalue weighted by molar-refractivity contribution is 0.193. The fourth-order valence-electron chi connectivity index (χ4n) is 1.27. The minimum atomic E-state index is -0.763. The van der Waals surface area contributed by atoms with E-state index in [0.717, 1.165) is 10.5 Å². The third kappa shape index (κ3) is 3.96. The molecule has 1 aromatic rings. The maximum absolute atomic E-state index is 11.5. The van der Waals surface area contributed by atoms with E-state index in [9.17, 15) is 9.59 Å². The molecule has 0 unspecified atom stereocenters. The molecule has 0 spiro atoms. The fourth-order valence-corrected chi connectivity index (χ4v) is 1.40. The standard InChI is InChI=1S/C11H14ClN3O2/c1-2-15(10(13)16)11(17)14-7-8-3-5-9(12)6-4-8/h3-6H,2,7H2,1H3,(H2,13,16)(H,14,17). The summed E-state index contributed by atoms with van der Waals surface area (Å²) in [6.07, 6.45) is 0. The van der Waals surface area contributed by atoms with E-state index in [1.54, 1.807) is 31.2 Å². The summed E-state index contributed by atoms with van der Waals surface area (Å²) in [5.74, 6) is 0. The maximum Gasteiger partial charge on any atom is 0.325 e. The van der Waals surface area contributed by atoms with E-state index in [-0.39, 0.29) is 6.54 Å². The lowest BCUT2D eigenvalue weighted by atomic mass is 10.2. The normalized spacial score (nSPS) is 9.76. The van der Waals surface area contributed by atoms with Crippen LogP contribution in [0.1, 0.15) is 12.5 Å². The van der Waals surface area contributed by atoms with Gasteiger partial charge in [-0.15, -0.1) is 0 Å². The second-order valence-electron chi connectivity index (χ2n) is 3.37. The Morgan fingerprint density at radius 3 is 2.41 bits per heavy atom. The number of primary amides is 1. The van der Waals surface area contributed by atoms with Gasteiger partial charge in [-0.3, -0.25) is 0 Å². The minimum absolute atomic E-state index is 0.238. The molecule has 0 atom stereocenters. The molecular formula is C11H14ClN3O2. The Morgan fingerprint density at radius 1 is 1.35 bits per heavy atom. The molecule has 0 bridgehead atoms. The summed E-state index contributed by atoms with van der Waals surface area (Å²) in [6, 6.07) is 5.78. The molecule has 3 N–H and O–H groups in total. The van der Waals surface area contributed by atoms with Crippen molar-refractivity contribution in [1.29, 1.82) is 0 Å². The van der Waals surface area contributed by atoms with Crippen LogP contribution in [0.15, 0.2) is 24.3 Å². The first kappa shape index (κ1) is 13.3. The second kappa shape index (κ2) is 6.10. The smallest absolute Gasteiger partial charge is 0.325 e. The van der Waals surface area contributed by atoms with Crippen LogP contribution in [-0.4, -0.2) is 23.5 Å². The highest BCUT2D eigenvalue weighted by atomic mass is 35.5. The van der Waals surface area contributed by atoms with Gasteiger partial charge in [-0.2, -0.15) is 0 Å². The molecule has 0 heterocycles. The van der Waals surface area contributed by atoms with Crippen LogP contribution in [0.3, 0.4) is 0 Å². The minimum Gasteiger partial charge on any atom is -0.351 e. The van der Waals surface area contributed by atoms with E-state index >= 15 is 0 Å². The van der Waals surface area contributed by atoms with Crippen LogP contribution < -0.4 is 11.1 Å². The maximum atomic E-state index is 11.5. The van der Waals surface area contributed by atoms with Crippen LogP contribution in [0.25, 0.3) is 0 Å². The third-order valence-electron chi connectivity index (χ3n) is 2.18. The lowest BCUT2D eigenvalue weighted by Gasteiger charge is -2.16. The summed E-state index contributed by atoms with van der Waals surface area (Å²) < 4.78 is 0. The molecule has 4 amide bonds. The van der Waals surface area contributed by atoms with E-state index in [1.807, 2.05) is 0 Å². The Bertz CT molecular complexity index is 406. The van der Waals surface area contributed by atoms with Gasteiger partial charge in [0.25, 0.3) is 0 Å². The number of urea groups is 2. The quantitative estimate of drug-likeness (QED) is 0.866. The van der Waals surface area contributed by atoms with Crippen molar-refractivity contribution in [2.75, 3.05) is 6.54 Å². The number of nitrogens with zero attached hydrogens (tertiary/aromatic N) is 1. The monoisotopic (exact) mass is 255 g/mol. The van der Waals surface area contributed by atoms with Crippen molar-refractivity contribution >= 4 is 23.7 Å². The Hall–Kier alpha value is -1.75. The Balaban J connectivity index is 2.53. The molecule has 92 valence electrons. The average Bonchev–Trinajstić information content (AvgIpc) is 2.28. The number of rotatable bonds is 3. The first-order valence-corrected chi connectivity index (χ1v) is 5.51. The van der Waals surface area contributed by atoms with Gasteiger partial charge in [0.1, 0.15) is 0 Å². The zero-order chi connectivity index (χ0) is 12.8. The summed E-state index contributed by atoms with van der Waals surface area (Å²) in [4.78, 5) is 23.4. The van der Waals surface area contributed by atoms with Crippen LogP contribution in [0.2, 0.25) is 5.02 Å². The second-order valence-corrected chi connectivity index (χ2v) is 3.80. The van der Waals surface area contributed by atoms with Gasteiger partial charge in [0.2, 0.25) is 0 Å². The Morgan fingerprint density at radius 2 is 1.94 bits per heavy atom. The molecule has 0 aliphatic heterocycles. The van der Waals surface area contributed by atoms with Crippen LogP contribution in [0, 0.1) is 0 Å². The van der Waals surface area contributed by atoms with Crippen molar-refractivity contribution in [2.45, 2.75) is 13.5 Å². The third-order valence-corrected chi connectivity index (χ3v) is 2.44. The molecule has 0 fully saturated rings. The topological polar surface area (TPSA) is 75.4 Å². The van der Waals surface area contributed by atoms with Crippen molar-refractivity contribution in [3.05, 3.63) is 34.9 Å². The number of nitrogens with one attached hydrogen (secondary N) is 1. The molecule has 0 aliphatic rings. The highest BCUT2D eigenvalue weighted by molar-refractivity contribution is 6.30. The van der Waals surface area contributed by atoms with Gasteiger partial charge in [-0.1, -0.05) is 23.7 Å². The van der Waals surface area contributed by atoms with Crippen molar-refractivity contribution in [3.63, 3.8) is 0 Å². The van der Waals surface area contributed by atoms with Crippen LogP contribution in [-0.2, 0) is 6.54 Å². The molecule has 17 heavy (non-hydrogen) atoms. The summed E-state index contributed by atoms with van der Waals surface area (Å²) in [5, 5.41) is 3.23. The van der Waals surface area contributed by atoms with Crippen molar-refractivity contribution < 1.29 is 9.59 Å². The van der Waals surface area contributed by atoms with E-state index in [2.05, 4.69) is 5.32 Å². The summed E-state index contributed by atoms with van der Waals surface area (Å²) >= 11 is 5.73. The van der Waals surface area contributed by atoms with Crippen LogP contribution in [0.5, 0.6) is 0 Å². The van der Waals surface area contributed by atoms with E-state index in [4.69, 9.17) is 17.3 Å². The van der Waals surface area contributed by atoms with E-state index in [1.165, 1.54) is 0 Å². The predicted molar refractivity (Wildman–Crippen MR) is 65.7 cm³/mol. The number of imide groups is 1. The number of benzene rings is 1. The number of nitrogens with two attached hydrogens (primary N) is 1. The lowest BCUT2D eigenvalue weighted by Crippen LogP contribution is -2.46. The molecule has 0 saturated heterocycles. The summed E-state index contributed by atoms with van der Waals surface area (Å²) in [6.45, 7) is 2.23. The highest BCUT2D eigenvalue weighted by Gasteiger charge is 2.15. The van der Waals surface area contributed by atoms with Gasteiger partial charge in [0.15, 0.2) is 0 Å². The molecule has 0 radical (unpaired) electrons. The van der Waals surface area contributed by atoms with Gasteiger partial charge in [0, 0.05) is 18.1 Å². The SMILES string of the molecule is CCN(C(N)=O)C(=O)NCc1ccc(Cl)cc1. The Kier molecular flexibility index (Phi) is 4.78. The van der Waals surface area contributed by atoms with E-state index < -0.39 is 12.1 Å². The average molecular weight is 256 g/mol. The van der Waals surface area contributed by atoms with Crippen molar-refractivity contribution in [2.24, 2.45) is 5.73 Å². The molecular weight excluding hydrogens is 242 g/mol. The number of hydrogen-bond donors (Lipinski definition) is 2. The molecule has 0 aromatic heterocycles. The number of amides is 4. The van der Waals surface area contributed by atoms with Crippen LogP contribution >= 0.6 is 11.6 Å². The molecule has 0 saturated carbocycles. The fraction of sp³-hybridized carbons (Fsp3) is 0.273. The van der Waals surface area contributed by atoms with Gasteiger partial charge < -0.3 is 11.1 Å². The zero-order valence-corrected chi connectivity index (χ0v) is 10.2. The number of hydrogen-bond acceptors (Lipinski definition) is 2. The zero-order valence-electron chi connectivity index (χ0n) is 9.44.